The van der Waals surface area contributed by atoms with Gasteiger partial charge in [0.15, 0.2) is 0 Å². The molecule has 0 radical (unpaired) electrons. The molecule has 5 heteroatoms. The van der Waals surface area contributed by atoms with E-state index in [0.717, 1.165) is 4.31 Å². The molecule has 1 aliphatic heterocycles. The number of sulfonamides is 1. The zero-order chi connectivity index (χ0) is 15.2. The number of amides is 1. The first-order valence-corrected chi connectivity index (χ1v) is 8.41. The highest BCUT2D eigenvalue weighted by atomic mass is 32.2. The third kappa shape index (κ3) is 2.81. The molecule has 4 nitrogen and oxygen atoms in total. The van der Waals surface area contributed by atoms with E-state index in [1.54, 1.807) is 0 Å². The maximum absolute atomic E-state index is 12.7. The highest BCUT2D eigenvalue weighted by Gasteiger charge is 2.59. The molecular weight excluding hydrogens is 262 g/mol. The van der Waals surface area contributed by atoms with Crippen LogP contribution in [0.25, 0.3) is 0 Å². The number of nitrogens with zero attached hydrogens (tertiary/aromatic N) is 1. The zero-order valence-corrected chi connectivity index (χ0v) is 14.0. The van der Waals surface area contributed by atoms with Gasteiger partial charge in [-0.25, -0.2) is 12.7 Å². The van der Waals surface area contributed by atoms with E-state index in [4.69, 9.17) is 0 Å². The Morgan fingerprint density at radius 1 is 1.05 bits per heavy atom. The summed E-state index contributed by atoms with van der Waals surface area (Å²) in [6.45, 7) is 13.7. The average Bonchev–Trinajstić information content (AvgIpc) is 2.36. The molecular formula is C14H27NO3S. The normalized spacial score (nSPS) is 27.9. The van der Waals surface area contributed by atoms with Gasteiger partial charge in [-0.15, -0.1) is 0 Å². The first-order valence-electron chi connectivity index (χ1n) is 6.90. The highest BCUT2D eigenvalue weighted by molar-refractivity contribution is 7.90. The van der Waals surface area contributed by atoms with Gasteiger partial charge in [0.1, 0.15) is 0 Å². The van der Waals surface area contributed by atoms with Crippen molar-refractivity contribution in [2.24, 2.45) is 16.7 Å². The van der Waals surface area contributed by atoms with Crippen molar-refractivity contribution in [1.82, 2.24) is 4.31 Å². The van der Waals surface area contributed by atoms with Crippen molar-refractivity contribution in [3.05, 3.63) is 0 Å². The van der Waals surface area contributed by atoms with Crippen LogP contribution in [0.2, 0.25) is 0 Å². The van der Waals surface area contributed by atoms with E-state index in [9.17, 15) is 13.2 Å². The Morgan fingerprint density at radius 3 is 1.79 bits per heavy atom. The molecule has 0 N–H and O–H groups in total. The van der Waals surface area contributed by atoms with E-state index in [1.807, 2.05) is 48.5 Å². The lowest BCUT2D eigenvalue weighted by Crippen LogP contribution is -2.42. The molecule has 0 bridgehead atoms. The highest BCUT2D eigenvalue weighted by Crippen LogP contribution is 2.47. The van der Waals surface area contributed by atoms with E-state index < -0.39 is 26.6 Å². The minimum atomic E-state index is -3.55. The summed E-state index contributed by atoms with van der Waals surface area (Å²) in [5.74, 6) is -0.696. The number of hydrogen-bond acceptors (Lipinski definition) is 3. The fourth-order valence-corrected chi connectivity index (χ4v) is 5.77. The standard InChI is InChI=1S/C14H27NO3S/c1-8-9-15-12(16)10(13(2,3)4)11(14(5,6)7)19(15,17)18/h10-11H,8-9H2,1-7H3. The Bertz CT molecular complexity index is 454. The lowest BCUT2D eigenvalue weighted by molar-refractivity contribution is -0.132. The molecule has 0 aliphatic carbocycles. The number of rotatable bonds is 2. The van der Waals surface area contributed by atoms with Gasteiger partial charge >= 0.3 is 0 Å². The van der Waals surface area contributed by atoms with Crippen LogP contribution in [-0.2, 0) is 14.8 Å². The van der Waals surface area contributed by atoms with Crippen molar-refractivity contribution in [2.75, 3.05) is 6.54 Å². The van der Waals surface area contributed by atoms with Gasteiger partial charge in [-0.05, 0) is 17.3 Å². The van der Waals surface area contributed by atoms with Gasteiger partial charge in [0.25, 0.3) is 0 Å². The van der Waals surface area contributed by atoms with E-state index in [-0.39, 0.29) is 11.3 Å². The van der Waals surface area contributed by atoms with E-state index in [0.29, 0.717) is 13.0 Å². The van der Waals surface area contributed by atoms with Crippen LogP contribution in [0.3, 0.4) is 0 Å². The monoisotopic (exact) mass is 289 g/mol. The molecule has 1 amide bonds. The van der Waals surface area contributed by atoms with Crippen LogP contribution in [0.5, 0.6) is 0 Å². The Labute approximate surface area is 117 Å². The molecule has 1 saturated heterocycles. The minimum absolute atomic E-state index is 0.228. The SMILES string of the molecule is CCCN1C(=O)C(C(C)(C)C)C(C(C)(C)C)S1(=O)=O. The summed E-state index contributed by atoms with van der Waals surface area (Å²) in [5, 5.41) is -0.640. The molecule has 0 saturated carbocycles. The van der Waals surface area contributed by atoms with E-state index >= 15 is 0 Å². The predicted molar refractivity (Wildman–Crippen MR) is 77.1 cm³/mol. The Hall–Kier alpha value is -0.580. The van der Waals surface area contributed by atoms with Crippen LogP contribution < -0.4 is 0 Å². The lowest BCUT2D eigenvalue weighted by atomic mass is 9.71. The molecule has 0 aromatic carbocycles. The van der Waals surface area contributed by atoms with Crippen LogP contribution in [0, 0.1) is 16.7 Å². The van der Waals surface area contributed by atoms with Gasteiger partial charge in [0.05, 0.1) is 11.2 Å². The van der Waals surface area contributed by atoms with Crippen LogP contribution in [0.4, 0.5) is 0 Å². The summed E-state index contributed by atoms with van der Waals surface area (Å²) in [6.07, 6.45) is 0.651. The van der Waals surface area contributed by atoms with Crippen molar-refractivity contribution in [3.8, 4) is 0 Å². The van der Waals surface area contributed by atoms with Gasteiger partial charge in [-0.3, -0.25) is 4.79 Å². The third-order valence-corrected chi connectivity index (χ3v) is 6.25. The van der Waals surface area contributed by atoms with Crippen molar-refractivity contribution in [1.29, 1.82) is 0 Å². The first-order chi connectivity index (χ1) is 8.35. The fraction of sp³-hybridized carbons (Fsp3) is 0.929. The number of carbonyl (C=O) groups excluding carboxylic acids is 1. The van der Waals surface area contributed by atoms with Crippen LogP contribution >= 0.6 is 0 Å². The zero-order valence-electron chi connectivity index (χ0n) is 13.1. The summed E-state index contributed by atoms with van der Waals surface area (Å²) >= 11 is 0. The molecule has 0 aromatic rings. The molecule has 1 fully saturated rings. The first kappa shape index (κ1) is 16.5. The summed E-state index contributed by atoms with van der Waals surface area (Å²) in [4.78, 5) is 12.6. The molecule has 2 atom stereocenters. The Kier molecular flexibility index (Phi) is 4.13. The molecule has 2 unspecified atom stereocenters. The third-order valence-electron chi connectivity index (χ3n) is 3.66. The molecule has 1 rings (SSSR count). The number of hydrogen-bond donors (Lipinski definition) is 0. The summed E-state index contributed by atoms with van der Waals surface area (Å²) < 4.78 is 26.5. The Balaban J connectivity index is 3.43. The van der Waals surface area contributed by atoms with Crippen molar-refractivity contribution < 1.29 is 13.2 Å². The van der Waals surface area contributed by atoms with Gasteiger partial charge in [-0.1, -0.05) is 48.5 Å². The van der Waals surface area contributed by atoms with Crippen LogP contribution in [0.15, 0.2) is 0 Å². The molecule has 0 aromatic heterocycles. The van der Waals surface area contributed by atoms with Gasteiger partial charge in [0.2, 0.25) is 15.9 Å². The van der Waals surface area contributed by atoms with Gasteiger partial charge in [0, 0.05) is 6.54 Å². The quantitative estimate of drug-likeness (QED) is 0.785. The maximum atomic E-state index is 12.7. The number of carbonyl (C=O) groups is 1. The summed E-state index contributed by atoms with van der Waals surface area (Å²) in [6, 6.07) is 0. The fourth-order valence-electron chi connectivity index (χ4n) is 2.93. The van der Waals surface area contributed by atoms with Crippen LogP contribution in [0.1, 0.15) is 54.9 Å². The maximum Gasteiger partial charge on any atom is 0.241 e. The largest absolute Gasteiger partial charge is 0.273 e. The topological polar surface area (TPSA) is 54.5 Å². The van der Waals surface area contributed by atoms with Crippen molar-refractivity contribution >= 4 is 15.9 Å². The van der Waals surface area contributed by atoms with E-state index in [2.05, 4.69) is 0 Å². The summed E-state index contributed by atoms with van der Waals surface area (Å²) in [7, 11) is -3.55. The van der Waals surface area contributed by atoms with Crippen molar-refractivity contribution in [3.63, 3.8) is 0 Å². The molecule has 1 aliphatic rings. The van der Waals surface area contributed by atoms with E-state index in [1.165, 1.54) is 0 Å². The Morgan fingerprint density at radius 2 is 1.53 bits per heavy atom. The molecule has 1 heterocycles. The van der Waals surface area contributed by atoms with Gasteiger partial charge < -0.3 is 0 Å². The minimum Gasteiger partial charge on any atom is -0.273 e. The second-order valence-corrected chi connectivity index (χ2v) is 9.56. The average molecular weight is 289 g/mol. The van der Waals surface area contributed by atoms with Gasteiger partial charge in [-0.2, -0.15) is 0 Å². The predicted octanol–water partition coefficient (Wildman–Crippen LogP) is 2.65. The second-order valence-electron chi connectivity index (χ2n) is 7.59. The molecule has 112 valence electrons. The smallest absolute Gasteiger partial charge is 0.241 e. The second kappa shape index (κ2) is 4.76. The van der Waals surface area contributed by atoms with Crippen molar-refractivity contribution in [2.45, 2.75) is 60.1 Å². The molecule has 19 heavy (non-hydrogen) atoms. The van der Waals surface area contributed by atoms with Crippen LogP contribution in [-0.4, -0.2) is 30.4 Å². The summed E-state index contributed by atoms with van der Waals surface area (Å²) in [5.41, 5.74) is -0.806. The molecule has 0 spiro atoms. The lowest BCUT2D eigenvalue weighted by Gasteiger charge is -2.35.